The van der Waals surface area contributed by atoms with E-state index in [4.69, 9.17) is 9.57 Å². The average molecular weight is 377 g/mol. The molecule has 0 aliphatic heterocycles. The Morgan fingerprint density at radius 3 is 2.65 bits per heavy atom. The van der Waals surface area contributed by atoms with Crippen LogP contribution in [-0.2, 0) is 25.6 Å². The van der Waals surface area contributed by atoms with E-state index in [0.29, 0.717) is 12.0 Å². The molecule has 0 saturated carbocycles. The molecule has 0 unspecified atom stereocenters. The highest BCUT2D eigenvalue weighted by molar-refractivity contribution is 7.00. The quantitative estimate of drug-likeness (QED) is 0.387. The van der Waals surface area contributed by atoms with Crippen LogP contribution in [0.25, 0.3) is 11.0 Å². The van der Waals surface area contributed by atoms with Crippen molar-refractivity contribution in [2.45, 2.75) is 39.5 Å². The molecule has 0 radical (unpaired) electrons. The molecule has 26 heavy (non-hydrogen) atoms. The summed E-state index contributed by atoms with van der Waals surface area (Å²) in [5.41, 5.74) is 5.37. The van der Waals surface area contributed by atoms with Crippen molar-refractivity contribution < 1.29 is 19.2 Å². The number of nitrogens with zero attached hydrogens (tertiary/aromatic N) is 2. The van der Waals surface area contributed by atoms with Gasteiger partial charge in [-0.2, -0.15) is 8.75 Å². The highest BCUT2D eigenvalue weighted by Gasteiger charge is 2.22. The van der Waals surface area contributed by atoms with Gasteiger partial charge in [0.2, 0.25) is 0 Å². The fraction of sp³-hybridized carbons (Fsp3) is 0.444. The Labute approximate surface area is 156 Å². The highest BCUT2D eigenvalue weighted by atomic mass is 32.1. The van der Waals surface area contributed by atoms with E-state index < -0.39 is 5.97 Å². The fourth-order valence-electron chi connectivity index (χ4n) is 2.49. The number of carbonyl (C=O) groups excluding carboxylic acids is 2. The minimum atomic E-state index is -0.606. The van der Waals surface area contributed by atoms with E-state index in [9.17, 15) is 9.59 Å². The zero-order valence-corrected chi connectivity index (χ0v) is 16.0. The molecule has 140 valence electrons. The summed E-state index contributed by atoms with van der Waals surface area (Å²) in [7, 11) is 1.39. The lowest BCUT2D eigenvalue weighted by atomic mass is 9.96. The number of allylic oxidation sites excluding steroid dienone is 1. The number of ether oxygens (including phenoxy) is 1. The Kier molecular flexibility index (Phi) is 7.68. The number of carbonyl (C=O) groups is 2. The fourth-order valence-corrected chi connectivity index (χ4v) is 3.01. The Morgan fingerprint density at radius 2 is 1.96 bits per heavy atom. The topological polar surface area (TPSA) is 90.4 Å². The van der Waals surface area contributed by atoms with Crippen LogP contribution >= 0.6 is 11.7 Å². The Hall–Kier alpha value is -2.32. The number of nitrogens with one attached hydrogen (secondary N) is 1. The third kappa shape index (κ3) is 5.09. The van der Waals surface area contributed by atoms with Gasteiger partial charge >= 0.3 is 5.97 Å². The van der Waals surface area contributed by atoms with Gasteiger partial charge in [-0.3, -0.25) is 15.1 Å². The smallest absolute Gasteiger partial charge is 0.357 e. The number of benzene rings is 1. The van der Waals surface area contributed by atoms with Crippen LogP contribution < -0.4 is 5.48 Å². The molecular weight excluding hydrogens is 354 g/mol. The number of ketones is 1. The normalized spacial score (nSPS) is 12.0. The second-order valence-corrected chi connectivity index (χ2v) is 6.20. The van der Waals surface area contributed by atoms with Crippen LogP contribution in [0.1, 0.15) is 38.7 Å². The molecule has 0 fully saturated rings. The van der Waals surface area contributed by atoms with E-state index in [-0.39, 0.29) is 24.5 Å². The monoisotopic (exact) mass is 377 g/mol. The molecule has 0 spiro atoms. The molecule has 2 rings (SSSR count). The molecule has 1 aromatic carbocycles. The molecular formula is C18H23N3O4S. The standard InChI is InChI=1S/C18H23N3O4S/c1-4-6-7-16(22)13(17(19-24-3)18(23)25-5-2)10-12-8-9-14-15(11-12)21-26-20-14/h8-9,11,19H,4-7,10H2,1-3H3. The maximum absolute atomic E-state index is 12.8. The largest absolute Gasteiger partial charge is 0.461 e. The molecule has 1 heterocycles. The molecule has 0 atom stereocenters. The maximum Gasteiger partial charge on any atom is 0.357 e. The van der Waals surface area contributed by atoms with E-state index in [1.165, 1.54) is 7.11 Å². The summed E-state index contributed by atoms with van der Waals surface area (Å²) in [5, 5.41) is 0. The van der Waals surface area contributed by atoms with Gasteiger partial charge in [0.15, 0.2) is 11.5 Å². The summed E-state index contributed by atoms with van der Waals surface area (Å²) in [6.45, 7) is 3.93. The van der Waals surface area contributed by atoms with Crippen molar-refractivity contribution >= 4 is 34.5 Å². The number of aromatic nitrogens is 2. The summed E-state index contributed by atoms with van der Waals surface area (Å²) in [5.74, 6) is -0.707. The van der Waals surface area contributed by atoms with Crippen LogP contribution in [0.5, 0.6) is 0 Å². The minimum absolute atomic E-state index is 0.0481. The summed E-state index contributed by atoms with van der Waals surface area (Å²) < 4.78 is 13.5. The van der Waals surface area contributed by atoms with Crippen molar-refractivity contribution in [1.29, 1.82) is 0 Å². The number of fused-ring (bicyclic) bond motifs is 1. The summed E-state index contributed by atoms with van der Waals surface area (Å²) in [6, 6.07) is 5.62. The first-order chi connectivity index (χ1) is 12.6. The van der Waals surface area contributed by atoms with Crippen LogP contribution in [0, 0.1) is 0 Å². The first-order valence-electron chi connectivity index (χ1n) is 8.54. The number of rotatable bonds is 10. The second-order valence-electron chi connectivity index (χ2n) is 5.67. The zero-order valence-electron chi connectivity index (χ0n) is 15.2. The first kappa shape index (κ1) is 20.0. The van der Waals surface area contributed by atoms with Gasteiger partial charge in [0.25, 0.3) is 0 Å². The Balaban J connectivity index is 2.41. The summed E-state index contributed by atoms with van der Waals surface area (Å²) in [6.07, 6.45) is 2.28. The maximum atomic E-state index is 12.8. The molecule has 1 N–H and O–H groups in total. The van der Waals surface area contributed by atoms with Crippen molar-refractivity contribution in [2.75, 3.05) is 13.7 Å². The van der Waals surface area contributed by atoms with Crippen molar-refractivity contribution in [2.24, 2.45) is 0 Å². The molecule has 7 nitrogen and oxygen atoms in total. The van der Waals surface area contributed by atoms with Crippen LogP contribution in [0.3, 0.4) is 0 Å². The lowest BCUT2D eigenvalue weighted by Gasteiger charge is -2.14. The molecule has 0 amide bonds. The van der Waals surface area contributed by atoms with E-state index >= 15 is 0 Å². The van der Waals surface area contributed by atoms with Gasteiger partial charge in [-0.15, -0.1) is 0 Å². The molecule has 1 aromatic heterocycles. The molecule has 0 aliphatic rings. The Morgan fingerprint density at radius 1 is 1.19 bits per heavy atom. The molecule has 0 saturated heterocycles. The molecule has 8 heteroatoms. The number of Topliss-reactive ketones (excluding diaryl/α,β-unsaturated/α-hetero) is 1. The highest BCUT2D eigenvalue weighted by Crippen LogP contribution is 2.20. The predicted molar refractivity (Wildman–Crippen MR) is 99.5 cm³/mol. The minimum Gasteiger partial charge on any atom is -0.461 e. The van der Waals surface area contributed by atoms with Crippen LogP contribution in [0.2, 0.25) is 0 Å². The third-order valence-electron chi connectivity index (χ3n) is 3.78. The number of hydrogen-bond donors (Lipinski definition) is 1. The SMILES string of the molecule is CCCCC(=O)C(Cc1ccc2nsnc2c1)=C(NOC)C(=O)OCC. The van der Waals surface area contributed by atoms with Gasteiger partial charge in [-0.05, 0) is 31.0 Å². The molecule has 2 aromatic rings. The number of esters is 1. The number of hydroxylamine groups is 1. The van der Waals surface area contributed by atoms with Gasteiger partial charge in [-0.1, -0.05) is 19.4 Å². The van der Waals surface area contributed by atoms with E-state index in [1.54, 1.807) is 6.92 Å². The molecule has 0 bridgehead atoms. The summed E-state index contributed by atoms with van der Waals surface area (Å²) >= 11 is 1.14. The van der Waals surface area contributed by atoms with Crippen LogP contribution in [0.4, 0.5) is 0 Å². The van der Waals surface area contributed by atoms with Crippen molar-refractivity contribution in [3.05, 3.63) is 35.0 Å². The third-order valence-corrected chi connectivity index (χ3v) is 4.34. The lowest BCUT2D eigenvalue weighted by Crippen LogP contribution is -2.27. The van der Waals surface area contributed by atoms with Crippen molar-refractivity contribution in [1.82, 2.24) is 14.2 Å². The van der Waals surface area contributed by atoms with Gasteiger partial charge in [-0.25, -0.2) is 4.79 Å². The van der Waals surface area contributed by atoms with Crippen molar-refractivity contribution in [3.8, 4) is 0 Å². The van der Waals surface area contributed by atoms with Gasteiger partial charge in [0.1, 0.15) is 11.0 Å². The van der Waals surface area contributed by atoms with Gasteiger partial charge in [0.05, 0.1) is 25.4 Å². The lowest BCUT2D eigenvalue weighted by molar-refractivity contribution is -0.140. The average Bonchev–Trinajstić information content (AvgIpc) is 3.10. The van der Waals surface area contributed by atoms with Crippen molar-refractivity contribution in [3.63, 3.8) is 0 Å². The van der Waals surface area contributed by atoms with E-state index in [0.717, 1.165) is 41.2 Å². The number of unbranched alkanes of at least 4 members (excludes halogenated alkanes) is 1. The molecule has 0 aliphatic carbocycles. The van der Waals surface area contributed by atoms with E-state index in [2.05, 4.69) is 14.2 Å². The summed E-state index contributed by atoms with van der Waals surface area (Å²) in [4.78, 5) is 30.0. The predicted octanol–water partition coefficient (Wildman–Crippen LogP) is 2.96. The Bertz CT molecular complexity index is 801. The van der Waals surface area contributed by atoms with Gasteiger partial charge in [0, 0.05) is 18.4 Å². The van der Waals surface area contributed by atoms with Crippen LogP contribution in [0.15, 0.2) is 29.5 Å². The van der Waals surface area contributed by atoms with Gasteiger partial charge < -0.3 is 4.74 Å². The van der Waals surface area contributed by atoms with E-state index in [1.807, 2.05) is 25.1 Å². The zero-order chi connectivity index (χ0) is 18.9. The first-order valence-corrected chi connectivity index (χ1v) is 9.27. The second kappa shape index (κ2) is 9.98. The number of hydrogen-bond acceptors (Lipinski definition) is 8. The van der Waals surface area contributed by atoms with Crippen LogP contribution in [-0.4, -0.2) is 34.2 Å².